The number of ether oxygens (including phenoxy) is 1. The summed E-state index contributed by atoms with van der Waals surface area (Å²) in [7, 11) is 0. The van der Waals surface area contributed by atoms with Gasteiger partial charge in [0.2, 0.25) is 11.4 Å². The lowest BCUT2D eigenvalue weighted by Crippen LogP contribution is -2.43. The minimum absolute atomic E-state index is 0.284. The molecule has 182 valence electrons. The molecule has 1 atom stereocenters. The largest absolute Gasteiger partial charge is 0.440 e. The first-order valence-electron chi connectivity index (χ1n) is 12.4. The molecule has 0 heterocycles. The number of Topliss-reactive ketones (excluding diaryl/α,β-unsaturated/α-hetero) is 1. The Morgan fingerprint density at radius 1 is 0.667 bits per heavy atom. The number of hydrogen-bond acceptors (Lipinski definition) is 3. The summed E-state index contributed by atoms with van der Waals surface area (Å²) in [4.78, 5) is 28.0. The SMILES string of the molecule is CC(C)Cc1ccc([C@H](C)C(=O)OC(C(=O)c2ccccc2)(c2ccccc2)c2ccccc2)cc1. The first-order valence-corrected chi connectivity index (χ1v) is 12.4. The molecule has 0 aliphatic rings. The number of carbonyl (C=O) groups is 2. The topological polar surface area (TPSA) is 43.4 Å². The van der Waals surface area contributed by atoms with Crippen molar-refractivity contribution in [2.24, 2.45) is 5.92 Å². The molecule has 3 heteroatoms. The third-order valence-electron chi connectivity index (χ3n) is 6.45. The van der Waals surface area contributed by atoms with E-state index >= 15 is 0 Å². The maximum Gasteiger partial charge on any atom is 0.314 e. The summed E-state index contributed by atoms with van der Waals surface area (Å²) < 4.78 is 6.35. The average Bonchev–Trinajstić information content (AvgIpc) is 2.92. The highest BCUT2D eigenvalue weighted by Gasteiger charge is 2.47. The zero-order valence-corrected chi connectivity index (χ0v) is 21.1. The van der Waals surface area contributed by atoms with Crippen LogP contribution in [0.15, 0.2) is 115 Å². The van der Waals surface area contributed by atoms with Crippen LogP contribution >= 0.6 is 0 Å². The van der Waals surface area contributed by atoms with E-state index in [0.29, 0.717) is 22.6 Å². The van der Waals surface area contributed by atoms with Gasteiger partial charge in [-0.25, -0.2) is 0 Å². The molecule has 0 aromatic heterocycles. The van der Waals surface area contributed by atoms with Crippen molar-refractivity contribution in [3.05, 3.63) is 143 Å². The zero-order valence-electron chi connectivity index (χ0n) is 21.1. The summed E-state index contributed by atoms with van der Waals surface area (Å²) in [6, 6.07) is 35.7. The van der Waals surface area contributed by atoms with Crippen molar-refractivity contribution in [1.29, 1.82) is 0 Å². The van der Waals surface area contributed by atoms with Crippen LogP contribution in [-0.4, -0.2) is 11.8 Å². The van der Waals surface area contributed by atoms with Gasteiger partial charge in [-0.3, -0.25) is 9.59 Å². The van der Waals surface area contributed by atoms with Crippen LogP contribution in [0.5, 0.6) is 0 Å². The van der Waals surface area contributed by atoms with E-state index in [2.05, 4.69) is 26.0 Å². The smallest absolute Gasteiger partial charge is 0.314 e. The minimum Gasteiger partial charge on any atom is -0.440 e. The molecule has 4 rings (SSSR count). The maximum absolute atomic E-state index is 14.2. The van der Waals surface area contributed by atoms with Crippen molar-refractivity contribution in [1.82, 2.24) is 0 Å². The van der Waals surface area contributed by atoms with Crippen LogP contribution in [0, 0.1) is 5.92 Å². The highest BCUT2D eigenvalue weighted by Crippen LogP contribution is 2.39. The molecule has 36 heavy (non-hydrogen) atoms. The lowest BCUT2D eigenvalue weighted by molar-refractivity contribution is -0.154. The minimum atomic E-state index is -1.62. The van der Waals surface area contributed by atoms with Crippen molar-refractivity contribution in [2.45, 2.75) is 38.7 Å². The fraction of sp³-hybridized carbons (Fsp3) is 0.212. The molecule has 0 aliphatic heterocycles. The summed E-state index contributed by atoms with van der Waals surface area (Å²) in [6.07, 6.45) is 0.982. The Bertz CT molecular complexity index is 1240. The van der Waals surface area contributed by atoms with Gasteiger partial charge in [0, 0.05) is 16.7 Å². The second-order valence-electron chi connectivity index (χ2n) is 9.59. The number of esters is 1. The molecule has 0 saturated carbocycles. The van der Waals surface area contributed by atoms with Gasteiger partial charge < -0.3 is 4.74 Å². The molecule has 0 bridgehead atoms. The molecule has 0 N–H and O–H groups in total. The van der Waals surface area contributed by atoms with E-state index in [1.54, 1.807) is 12.1 Å². The van der Waals surface area contributed by atoms with Gasteiger partial charge in [0.15, 0.2) is 0 Å². The van der Waals surface area contributed by atoms with E-state index < -0.39 is 17.5 Å². The Morgan fingerprint density at radius 2 is 1.14 bits per heavy atom. The molecule has 0 amide bonds. The van der Waals surface area contributed by atoms with Crippen LogP contribution in [0.25, 0.3) is 0 Å². The third kappa shape index (κ3) is 5.31. The Balaban J connectivity index is 1.78. The first-order chi connectivity index (χ1) is 17.4. The van der Waals surface area contributed by atoms with Gasteiger partial charge in [0.1, 0.15) is 0 Å². The highest BCUT2D eigenvalue weighted by atomic mass is 16.6. The number of rotatable bonds is 9. The standard InChI is InChI=1S/C33H32O3/c1-24(2)23-26-19-21-27(22-20-26)25(3)32(35)36-33(29-15-9-5-10-16-29,30-17-11-6-12-18-30)31(34)28-13-7-4-8-14-28/h4-22,24-25H,23H2,1-3H3/t25-/m0/s1. The number of benzene rings is 4. The van der Waals surface area contributed by atoms with E-state index in [1.165, 1.54) is 5.56 Å². The van der Waals surface area contributed by atoms with Crippen molar-refractivity contribution >= 4 is 11.8 Å². The Kier molecular flexibility index (Phi) is 7.80. The summed E-state index contributed by atoms with van der Waals surface area (Å²) in [5.41, 5.74) is 2.16. The van der Waals surface area contributed by atoms with Crippen LogP contribution in [0.2, 0.25) is 0 Å². The zero-order chi connectivity index (χ0) is 25.5. The van der Waals surface area contributed by atoms with Gasteiger partial charge in [-0.1, -0.05) is 129 Å². The van der Waals surface area contributed by atoms with E-state index in [9.17, 15) is 9.59 Å². The molecule has 0 spiro atoms. The summed E-state index contributed by atoms with van der Waals surface area (Å²) in [5.74, 6) is -0.731. The van der Waals surface area contributed by atoms with Gasteiger partial charge in [0.05, 0.1) is 5.92 Å². The van der Waals surface area contributed by atoms with Crippen molar-refractivity contribution in [3.63, 3.8) is 0 Å². The monoisotopic (exact) mass is 476 g/mol. The molecule has 4 aromatic rings. The fourth-order valence-corrected chi connectivity index (χ4v) is 4.52. The number of hydrogen-bond donors (Lipinski definition) is 0. The average molecular weight is 477 g/mol. The maximum atomic E-state index is 14.2. The molecule has 0 aliphatic carbocycles. The van der Waals surface area contributed by atoms with Gasteiger partial charge in [-0.15, -0.1) is 0 Å². The number of ketones is 1. The molecule has 0 unspecified atom stereocenters. The normalized spacial score (nSPS) is 12.2. The summed E-state index contributed by atoms with van der Waals surface area (Å²) in [6.45, 7) is 6.20. The summed E-state index contributed by atoms with van der Waals surface area (Å²) in [5, 5.41) is 0. The second kappa shape index (κ2) is 11.2. The Labute approximate surface area is 213 Å². The van der Waals surface area contributed by atoms with E-state index in [4.69, 9.17) is 4.74 Å². The van der Waals surface area contributed by atoms with Crippen LogP contribution in [0.4, 0.5) is 0 Å². The van der Waals surface area contributed by atoms with Crippen LogP contribution in [0.1, 0.15) is 59.3 Å². The van der Waals surface area contributed by atoms with Crippen LogP contribution in [-0.2, 0) is 21.6 Å². The second-order valence-corrected chi connectivity index (χ2v) is 9.59. The molecular formula is C33H32O3. The lowest BCUT2D eigenvalue weighted by atomic mass is 9.79. The molecule has 0 fully saturated rings. The van der Waals surface area contributed by atoms with Gasteiger partial charge >= 0.3 is 5.97 Å². The van der Waals surface area contributed by atoms with E-state index in [0.717, 1.165) is 12.0 Å². The van der Waals surface area contributed by atoms with Crippen LogP contribution < -0.4 is 0 Å². The Morgan fingerprint density at radius 3 is 1.61 bits per heavy atom. The highest BCUT2D eigenvalue weighted by molar-refractivity contribution is 6.06. The third-order valence-corrected chi connectivity index (χ3v) is 6.45. The molecule has 0 saturated heterocycles. The van der Waals surface area contributed by atoms with Gasteiger partial charge in [-0.2, -0.15) is 0 Å². The quantitative estimate of drug-likeness (QED) is 0.187. The van der Waals surface area contributed by atoms with E-state index in [1.807, 2.05) is 97.9 Å². The predicted octanol–water partition coefficient (Wildman–Crippen LogP) is 7.36. The summed E-state index contributed by atoms with van der Waals surface area (Å²) >= 11 is 0. The lowest BCUT2D eigenvalue weighted by Gasteiger charge is -2.34. The van der Waals surface area contributed by atoms with E-state index in [-0.39, 0.29) is 5.78 Å². The predicted molar refractivity (Wildman–Crippen MR) is 144 cm³/mol. The molecule has 3 nitrogen and oxygen atoms in total. The van der Waals surface area contributed by atoms with Gasteiger partial charge in [0.25, 0.3) is 0 Å². The van der Waals surface area contributed by atoms with Crippen molar-refractivity contribution < 1.29 is 14.3 Å². The van der Waals surface area contributed by atoms with Crippen molar-refractivity contribution in [2.75, 3.05) is 0 Å². The fourth-order valence-electron chi connectivity index (χ4n) is 4.52. The van der Waals surface area contributed by atoms with Crippen molar-refractivity contribution in [3.8, 4) is 0 Å². The molecule has 4 aromatic carbocycles. The number of carbonyl (C=O) groups excluding carboxylic acids is 2. The molecular weight excluding hydrogens is 444 g/mol. The molecule has 0 radical (unpaired) electrons. The Hall–Kier alpha value is -3.98. The van der Waals surface area contributed by atoms with Gasteiger partial charge in [-0.05, 0) is 30.4 Å². The van der Waals surface area contributed by atoms with Crippen LogP contribution in [0.3, 0.4) is 0 Å². The first kappa shape index (κ1) is 25.1.